The molecule has 4 heteroatoms. The molecule has 1 heterocycles. The zero-order valence-electron chi connectivity index (χ0n) is 9.43. The minimum Gasteiger partial charge on any atom is -0.388 e. The largest absolute Gasteiger partial charge is 0.388 e. The first kappa shape index (κ1) is 10.4. The summed E-state index contributed by atoms with van der Waals surface area (Å²) in [6.45, 7) is 0. The highest BCUT2D eigenvalue weighted by atomic mass is 19.2. The Kier molecular flexibility index (Phi) is 2.24. The number of hydrogen-bond acceptors (Lipinski definition) is 2. The normalized spacial score (nSPS) is 15.2. The second kappa shape index (κ2) is 3.65. The number of rotatable bonds is 2. The van der Waals surface area contributed by atoms with Gasteiger partial charge >= 0.3 is 0 Å². The maximum atomic E-state index is 13.7. The van der Waals surface area contributed by atoms with Gasteiger partial charge in [-0.15, -0.1) is 0 Å². The smallest absolute Gasteiger partial charge is 0.185 e. The Labute approximate surface area is 97.7 Å². The summed E-state index contributed by atoms with van der Waals surface area (Å²) in [5.41, 5.74) is 1.78. The van der Waals surface area contributed by atoms with Crippen LogP contribution in [0.15, 0.2) is 18.2 Å². The molecule has 0 saturated heterocycles. The molecule has 1 fully saturated rings. The zero-order chi connectivity index (χ0) is 12.0. The number of nitrogens with one attached hydrogen (secondary N) is 1. The molecule has 17 heavy (non-hydrogen) atoms. The van der Waals surface area contributed by atoms with Gasteiger partial charge in [0.1, 0.15) is 5.52 Å². The Morgan fingerprint density at radius 2 is 2.06 bits per heavy atom. The molecule has 0 amide bonds. The van der Waals surface area contributed by atoms with Gasteiger partial charge in [0.15, 0.2) is 11.6 Å². The van der Waals surface area contributed by atoms with E-state index in [9.17, 15) is 8.78 Å². The van der Waals surface area contributed by atoms with Crippen molar-refractivity contribution in [2.45, 2.75) is 18.8 Å². The fraction of sp³-hybridized carbons (Fsp3) is 0.308. The molecule has 1 aromatic heterocycles. The van der Waals surface area contributed by atoms with Gasteiger partial charge in [0.05, 0.1) is 0 Å². The number of benzene rings is 1. The minimum absolute atomic E-state index is 0.124. The first-order valence-electron chi connectivity index (χ1n) is 5.67. The van der Waals surface area contributed by atoms with Gasteiger partial charge < -0.3 is 5.32 Å². The molecule has 1 N–H and O–H groups in total. The monoisotopic (exact) mass is 234 g/mol. The predicted octanol–water partition coefficient (Wildman–Crippen LogP) is 3.43. The quantitative estimate of drug-likeness (QED) is 0.861. The fourth-order valence-corrected chi connectivity index (χ4v) is 2.05. The van der Waals surface area contributed by atoms with Crippen molar-refractivity contribution in [2.24, 2.45) is 0 Å². The van der Waals surface area contributed by atoms with E-state index < -0.39 is 11.6 Å². The van der Waals surface area contributed by atoms with Crippen LogP contribution in [0, 0.1) is 11.6 Å². The SMILES string of the molecule is CNc1cc(C2CC2)nc2c(F)c(F)ccc12. The van der Waals surface area contributed by atoms with Crippen molar-refractivity contribution in [1.29, 1.82) is 0 Å². The van der Waals surface area contributed by atoms with E-state index in [1.807, 2.05) is 6.07 Å². The van der Waals surface area contributed by atoms with Gasteiger partial charge in [0.2, 0.25) is 0 Å². The molecule has 3 rings (SSSR count). The molecule has 0 unspecified atom stereocenters. The fourth-order valence-electron chi connectivity index (χ4n) is 2.05. The van der Waals surface area contributed by atoms with E-state index in [-0.39, 0.29) is 5.52 Å². The molecule has 2 nitrogen and oxygen atoms in total. The summed E-state index contributed by atoms with van der Waals surface area (Å²) in [5.74, 6) is -1.30. The van der Waals surface area contributed by atoms with Crippen molar-refractivity contribution in [3.05, 3.63) is 35.5 Å². The molecule has 0 atom stereocenters. The first-order chi connectivity index (χ1) is 8.20. The summed E-state index contributed by atoms with van der Waals surface area (Å²) in [6, 6.07) is 4.62. The molecule has 0 spiro atoms. The molecule has 0 aliphatic heterocycles. The molecule has 1 saturated carbocycles. The van der Waals surface area contributed by atoms with Crippen LogP contribution in [0.5, 0.6) is 0 Å². The summed E-state index contributed by atoms with van der Waals surface area (Å²) in [7, 11) is 1.77. The van der Waals surface area contributed by atoms with Crippen LogP contribution in [0.1, 0.15) is 24.5 Å². The molecule has 88 valence electrons. The van der Waals surface area contributed by atoms with Crippen LogP contribution in [0.4, 0.5) is 14.5 Å². The summed E-state index contributed by atoms with van der Waals surface area (Å²) < 4.78 is 26.9. The van der Waals surface area contributed by atoms with Crippen molar-refractivity contribution in [3.8, 4) is 0 Å². The maximum absolute atomic E-state index is 13.7. The molecule has 1 aliphatic carbocycles. The summed E-state index contributed by atoms with van der Waals surface area (Å²) in [5, 5.41) is 3.63. The number of aromatic nitrogens is 1. The van der Waals surface area contributed by atoms with Gasteiger partial charge in [-0.3, -0.25) is 0 Å². The molecule has 0 radical (unpaired) electrons. The maximum Gasteiger partial charge on any atom is 0.185 e. The van der Waals surface area contributed by atoms with Crippen molar-refractivity contribution in [2.75, 3.05) is 12.4 Å². The molecular formula is C13H12F2N2. The van der Waals surface area contributed by atoms with E-state index >= 15 is 0 Å². The van der Waals surface area contributed by atoms with Crippen molar-refractivity contribution in [3.63, 3.8) is 0 Å². The lowest BCUT2D eigenvalue weighted by Crippen LogP contribution is -1.98. The summed E-state index contributed by atoms with van der Waals surface area (Å²) in [4.78, 5) is 4.25. The number of hydrogen-bond donors (Lipinski definition) is 1. The van der Waals surface area contributed by atoms with E-state index in [2.05, 4.69) is 10.3 Å². The van der Waals surface area contributed by atoms with E-state index in [1.54, 1.807) is 13.1 Å². The second-order valence-corrected chi connectivity index (χ2v) is 4.38. The average Bonchev–Trinajstić information content (AvgIpc) is 3.17. The predicted molar refractivity (Wildman–Crippen MR) is 63.2 cm³/mol. The van der Waals surface area contributed by atoms with Crippen LogP contribution >= 0.6 is 0 Å². The Bertz CT molecular complexity index is 591. The van der Waals surface area contributed by atoms with Crippen molar-refractivity contribution >= 4 is 16.6 Å². The minimum atomic E-state index is -0.860. The van der Waals surface area contributed by atoms with Gasteiger partial charge in [-0.05, 0) is 31.0 Å². The van der Waals surface area contributed by atoms with E-state index in [0.717, 1.165) is 30.3 Å². The Morgan fingerprint density at radius 3 is 2.71 bits per heavy atom. The van der Waals surface area contributed by atoms with Crippen LogP contribution in [0.3, 0.4) is 0 Å². The lowest BCUT2D eigenvalue weighted by molar-refractivity contribution is 0.515. The van der Waals surface area contributed by atoms with Crippen molar-refractivity contribution in [1.82, 2.24) is 4.98 Å². The number of anilines is 1. The number of fused-ring (bicyclic) bond motifs is 1. The standard InChI is InChI=1S/C13H12F2N2/c1-16-11-6-10(7-2-3-7)17-13-8(11)4-5-9(14)12(13)15/h4-7H,2-3H2,1H3,(H,16,17). The second-order valence-electron chi connectivity index (χ2n) is 4.38. The highest BCUT2D eigenvalue weighted by Crippen LogP contribution is 2.41. The molecular weight excluding hydrogens is 222 g/mol. The van der Waals surface area contributed by atoms with Crippen LogP contribution in [-0.2, 0) is 0 Å². The summed E-state index contributed by atoms with van der Waals surface area (Å²) in [6.07, 6.45) is 2.16. The topological polar surface area (TPSA) is 24.9 Å². The Hall–Kier alpha value is -1.71. The van der Waals surface area contributed by atoms with Crippen LogP contribution in [0.2, 0.25) is 0 Å². The zero-order valence-corrected chi connectivity index (χ0v) is 9.43. The third-order valence-corrected chi connectivity index (χ3v) is 3.16. The third-order valence-electron chi connectivity index (χ3n) is 3.16. The highest BCUT2D eigenvalue weighted by Gasteiger charge is 2.26. The number of halogens is 2. The van der Waals surface area contributed by atoms with Crippen molar-refractivity contribution < 1.29 is 8.78 Å². The van der Waals surface area contributed by atoms with E-state index in [1.165, 1.54) is 0 Å². The van der Waals surface area contributed by atoms with Gasteiger partial charge in [0.25, 0.3) is 0 Å². The molecule has 0 bridgehead atoms. The summed E-state index contributed by atoms with van der Waals surface area (Å²) >= 11 is 0. The van der Waals surface area contributed by atoms with Gasteiger partial charge in [-0.1, -0.05) is 0 Å². The van der Waals surface area contributed by atoms with Gasteiger partial charge in [-0.25, -0.2) is 13.8 Å². The van der Waals surface area contributed by atoms with Crippen LogP contribution in [-0.4, -0.2) is 12.0 Å². The number of pyridine rings is 1. The lowest BCUT2D eigenvalue weighted by atomic mass is 10.1. The Morgan fingerprint density at radius 1 is 1.29 bits per heavy atom. The van der Waals surface area contributed by atoms with E-state index in [4.69, 9.17) is 0 Å². The molecule has 1 aromatic carbocycles. The Balaban J connectivity index is 2.32. The number of nitrogens with zero attached hydrogens (tertiary/aromatic N) is 1. The first-order valence-corrected chi connectivity index (χ1v) is 5.67. The van der Waals surface area contributed by atoms with E-state index in [0.29, 0.717) is 11.3 Å². The van der Waals surface area contributed by atoms with Crippen LogP contribution in [0.25, 0.3) is 10.9 Å². The highest BCUT2D eigenvalue weighted by molar-refractivity contribution is 5.91. The molecule has 1 aliphatic rings. The average molecular weight is 234 g/mol. The van der Waals surface area contributed by atoms with Gasteiger partial charge in [0, 0.05) is 29.7 Å². The third kappa shape index (κ3) is 1.64. The van der Waals surface area contributed by atoms with Crippen LogP contribution < -0.4 is 5.32 Å². The molecule has 2 aromatic rings. The van der Waals surface area contributed by atoms with Gasteiger partial charge in [-0.2, -0.15) is 0 Å². The lowest BCUT2D eigenvalue weighted by Gasteiger charge is -2.09.